The molecule has 3 rings (SSSR count). The number of allylic oxidation sites excluding steroid dienone is 1. The molecule has 0 spiro atoms. The van der Waals surface area contributed by atoms with Crippen molar-refractivity contribution in [1.82, 2.24) is 16.0 Å². The molecule has 2 aliphatic rings. The van der Waals surface area contributed by atoms with Crippen LogP contribution in [0.3, 0.4) is 0 Å². The van der Waals surface area contributed by atoms with E-state index in [4.69, 9.17) is 17.0 Å². The van der Waals surface area contributed by atoms with Crippen LogP contribution in [0.2, 0.25) is 5.02 Å². The summed E-state index contributed by atoms with van der Waals surface area (Å²) in [6.45, 7) is 4.73. The van der Waals surface area contributed by atoms with Gasteiger partial charge in [-0.1, -0.05) is 50.4 Å². The lowest BCUT2D eigenvalue weighted by Gasteiger charge is -2.21. The highest BCUT2D eigenvalue weighted by Crippen LogP contribution is 2.35. The van der Waals surface area contributed by atoms with E-state index in [1.807, 2.05) is 12.1 Å². The van der Waals surface area contributed by atoms with Crippen molar-refractivity contribution in [3.05, 3.63) is 46.1 Å². The van der Waals surface area contributed by atoms with Gasteiger partial charge in [-0.15, -0.1) is 0 Å². The number of benzene rings is 1. The fourth-order valence-electron chi connectivity index (χ4n) is 4.80. The summed E-state index contributed by atoms with van der Waals surface area (Å²) in [4.78, 5) is 24.5. The maximum atomic E-state index is 12.9. The minimum absolute atomic E-state index is 0.0507. The quantitative estimate of drug-likeness (QED) is 0.327. The van der Waals surface area contributed by atoms with E-state index in [0.29, 0.717) is 36.4 Å². The highest BCUT2D eigenvalue weighted by molar-refractivity contribution is 6.44. The van der Waals surface area contributed by atoms with Crippen molar-refractivity contribution in [1.29, 1.82) is 5.41 Å². The molecule has 33 heavy (non-hydrogen) atoms. The van der Waals surface area contributed by atoms with Crippen LogP contribution in [0.15, 0.2) is 35.5 Å². The van der Waals surface area contributed by atoms with E-state index in [-0.39, 0.29) is 23.6 Å². The number of hydrogen-bond acceptors (Lipinski definition) is 4. The summed E-state index contributed by atoms with van der Waals surface area (Å²) in [5.74, 6) is 0.110. The zero-order valence-corrected chi connectivity index (χ0v) is 20.6. The molecule has 1 heterocycles. The molecule has 0 bridgehead atoms. The molecule has 2 unspecified atom stereocenters. The Bertz CT molecular complexity index is 881. The first-order valence-electron chi connectivity index (χ1n) is 12.3. The Morgan fingerprint density at radius 3 is 2.64 bits per heavy atom. The first-order chi connectivity index (χ1) is 15.9. The lowest BCUT2D eigenvalue weighted by molar-refractivity contribution is -0.119. The average Bonchev–Trinajstić information content (AvgIpc) is 3.40. The summed E-state index contributed by atoms with van der Waals surface area (Å²) in [5.41, 5.74) is 2.86. The third-order valence-corrected chi connectivity index (χ3v) is 6.98. The van der Waals surface area contributed by atoms with E-state index >= 15 is 0 Å². The Labute approximate surface area is 202 Å². The fraction of sp³-hybridized carbons (Fsp3) is 0.577. The van der Waals surface area contributed by atoms with Gasteiger partial charge in [-0.3, -0.25) is 15.0 Å². The molecular weight excluding hydrogens is 436 g/mol. The monoisotopic (exact) mass is 472 g/mol. The second-order valence-electron chi connectivity index (χ2n) is 9.35. The Hall–Kier alpha value is -2.34. The molecule has 180 valence electrons. The molecule has 1 fully saturated rings. The van der Waals surface area contributed by atoms with Crippen LogP contribution in [-0.4, -0.2) is 29.6 Å². The lowest BCUT2D eigenvalue weighted by atomic mass is 9.94. The van der Waals surface area contributed by atoms with Gasteiger partial charge in [-0.2, -0.15) is 0 Å². The van der Waals surface area contributed by atoms with Gasteiger partial charge in [0, 0.05) is 41.3 Å². The van der Waals surface area contributed by atoms with Gasteiger partial charge < -0.3 is 16.0 Å². The number of nitrogens with one attached hydrogen (secondary N) is 4. The Kier molecular flexibility index (Phi) is 9.36. The van der Waals surface area contributed by atoms with E-state index in [0.717, 1.165) is 61.8 Å². The molecule has 2 amide bonds. The van der Waals surface area contributed by atoms with E-state index in [1.54, 1.807) is 12.1 Å². The van der Waals surface area contributed by atoms with Crippen LogP contribution < -0.4 is 16.0 Å². The van der Waals surface area contributed by atoms with Crippen molar-refractivity contribution in [2.45, 2.75) is 90.3 Å². The van der Waals surface area contributed by atoms with Crippen LogP contribution in [0.25, 0.3) is 0 Å². The predicted octanol–water partition coefficient (Wildman–Crippen LogP) is 4.87. The second-order valence-corrected chi connectivity index (χ2v) is 9.78. The van der Waals surface area contributed by atoms with Crippen LogP contribution in [-0.2, 0) is 16.1 Å². The molecule has 4 N–H and O–H groups in total. The fourth-order valence-corrected chi connectivity index (χ4v) is 4.93. The lowest BCUT2D eigenvalue weighted by Crippen LogP contribution is -2.33. The van der Waals surface area contributed by atoms with Gasteiger partial charge >= 0.3 is 0 Å². The third-order valence-electron chi connectivity index (χ3n) is 6.73. The maximum absolute atomic E-state index is 12.9. The van der Waals surface area contributed by atoms with E-state index < -0.39 is 0 Å². The minimum atomic E-state index is -0.351. The number of carbonyl (C=O) groups is 2. The van der Waals surface area contributed by atoms with Crippen molar-refractivity contribution >= 4 is 29.1 Å². The summed E-state index contributed by atoms with van der Waals surface area (Å²) in [6, 6.07) is 7.90. The number of halogens is 1. The molecule has 1 saturated heterocycles. The summed E-state index contributed by atoms with van der Waals surface area (Å²) < 4.78 is 0. The highest BCUT2D eigenvalue weighted by atomic mass is 35.5. The van der Waals surface area contributed by atoms with E-state index in [2.05, 4.69) is 29.8 Å². The smallest absolute Gasteiger partial charge is 0.269 e. The van der Waals surface area contributed by atoms with Gasteiger partial charge in [0.25, 0.3) is 5.91 Å². The number of hydrogen-bond donors (Lipinski definition) is 4. The first-order valence-corrected chi connectivity index (χ1v) is 12.7. The minimum Gasteiger partial charge on any atom is -0.385 e. The summed E-state index contributed by atoms with van der Waals surface area (Å²) >= 11 is 5.94. The van der Waals surface area contributed by atoms with Crippen molar-refractivity contribution in [3.8, 4) is 0 Å². The number of unbranched alkanes of at least 4 members (excludes halogenated alkanes) is 1. The maximum Gasteiger partial charge on any atom is 0.269 e. The van der Waals surface area contributed by atoms with Gasteiger partial charge in [-0.25, -0.2) is 0 Å². The van der Waals surface area contributed by atoms with Crippen LogP contribution in [0.4, 0.5) is 0 Å². The zero-order valence-electron chi connectivity index (χ0n) is 19.8. The molecule has 1 aliphatic heterocycles. The highest BCUT2D eigenvalue weighted by Gasteiger charge is 2.33. The zero-order chi connectivity index (χ0) is 23.8. The topological polar surface area (TPSA) is 94.1 Å². The molecule has 1 aromatic carbocycles. The summed E-state index contributed by atoms with van der Waals surface area (Å²) in [7, 11) is 0. The molecular formula is C26H37ClN4O2. The van der Waals surface area contributed by atoms with Gasteiger partial charge in [0.05, 0.1) is 0 Å². The molecule has 0 saturated carbocycles. The molecule has 1 aliphatic carbocycles. The number of carbonyl (C=O) groups excluding carboxylic acids is 2. The van der Waals surface area contributed by atoms with Crippen LogP contribution in [0, 0.1) is 11.3 Å². The van der Waals surface area contributed by atoms with Gasteiger partial charge in [-0.05, 0) is 62.1 Å². The van der Waals surface area contributed by atoms with E-state index in [1.165, 1.54) is 0 Å². The second kappa shape index (κ2) is 12.2. The molecule has 0 aromatic heterocycles. The summed E-state index contributed by atoms with van der Waals surface area (Å²) in [5, 5.41) is 19.0. The molecule has 0 radical (unpaired) electrons. The Morgan fingerprint density at radius 1 is 1.24 bits per heavy atom. The SMILES string of the molecule is CCCCC(CC)NC1=C(C(=N)C(=O)NCc2ccc(Cl)cc2)CC(C[C@H]2CCC(=O)N2)C1. The normalized spacial score (nSPS) is 21.1. The third kappa shape index (κ3) is 7.32. The van der Waals surface area contributed by atoms with Gasteiger partial charge in [0.1, 0.15) is 5.71 Å². The van der Waals surface area contributed by atoms with Crippen LogP contribution in [0.1, 0.15) is 77.2 Å². The van der Waals surface area contributed by atoms with Crippen molar-refractivity contribution in [2.24, 2.45) is 5.92 Å². The summed E-state index contributed by atoms with van der Waals surface area (Å²) in [6.07, 6.45) is 8.30. The Balaban J connectivity index is 1.67. The van der Waals surface area contributed by atoms with Crippen molar-refractivity contribution in [3.63, 3.8) is 0 Å². The van der Waals surface area contributed by atoms with Crippen LogP contribution in [0.5, 0.6) is 0 Å². The first kappa shape index (κ1) is 25.3. The van der Waals surface area contributed by atoms with Gasteiger partial charge in [0.15, 0.2) is 0 Å². The molecule has 6 nitrogen and oxygen atoms in total. The molecule has 7 heteroatoms. The average molecular weight is 473 g/mol. The Morgan fingerprint density at radius 2 is 2.00 bits per heavy atom. The largest absolute Gasteiger partial charge is 0.385 e. The van der Waals surface area contributed by atoms with Crippen molar-refractivity contribution in [2.75, 3.05) is 0 Å². The van der Waals surface area contributed by atoms with E-state index in [9.17, 15) is 9.59 Å². The predicted molar refractivity (Wildman–Crippen MR) is 133 cm³/mol. The number of amides is 2. The van der Waals surface area contributed by atoms with Crippen molar-refractivity contribution < 1.29 is 9.59 Å². The molecule has 3 atom stereocenters. The molecule has 1 aromatic rings. The van der Waals surface area contributed by atoms with Crippen LogP contribution >= 0.6 is 11.6 Å². The van der Waals surface area contributed by atoms with Gasteiger partial charge in [0.2, 0.25) is 5.91 Å². The standard InChI is InChI=1S/C26H37ClN4O2/c1-3-5-6-20(4-2)30-23-15-18(13-21-11-12-24(32)31-21)14-22(23)25(28)26(33)29-16-17-7-9-19(27)10-8-17/h7-10,18,20-21,28,30H,3-6,11-16H2,1-2H3,(H,29,33)(H,31,32)/t18?,20?,21-/m1/s1. The number of rotatable bonds is 12.